The summed E-state index contributed by atoms with van der Waals surface area (Å²) in [5, 5.41) is 6.99. The Balaban J connectivity index is 1.76. The van der Waals surface area contributed by atoms with E-state index in [4.69, 9.17) is 4.52 Å². The first-order valence-corrected chi connectivity index (χ1v) is 7.04. The number of aromatic nitrogens is 2. The van der Waals surface area contributed by atoms with Crippen molar-refractivity contribution >= 4 is 0 Å². The van der Waals surface area contributed by atoms with Crippen molar-refractivity contribution in [2.24, 2.45) is 0 Å². The van der Waals surface area contributed by atoms with E-state index in [2.05, 4.69) is 20.4 Å². The normalized spacial score (nSPS) is 16.7. The Morgan fingerprint density at radius 1 is 1.14 bits per heavy atom. The molecule has 1 aliphatic heterocycles. The van der Waals surface area contributed by atoms with Crippen LogP contribution in [0.3, 0.4) is 0 Å². The second-order valence-corrected chi connectivity index (χ2v) is 5.15. The lowest BCUT2D eigenvalue weighted by Gasteiger charge is -2.16. The number of nitrogens with one attached hydrogen (secondary N) is 1. The molecular weight excluding hydrogens is 297 g/mol. The fourth-order valence-electron chi connectivity index (χ4n) is 2.37. The van der Waals surface area contributed by atoms with Gasteiger partial charge in [-0.3, -0.25) is 4.90 Å². The minimum absolute atomic E-state index is 0.0424. The zero-order chi connectivity index (χ0) is 15.5. The van der Waals surface area contributed by atoms with Gasteiger partial charge in [-0.1, -0.05) is 5.16 Å². The van der Waals surface area contributed by atoms with E-state index < -0.39 is 17.5 Å². The van der Waals surface area contributed by atoms with Gasteiger partial charge in [0.15, 0.2) is 17.5 Å². The highest BCUT2D eigenvalue weighted by atomic mass is 19.2. The van der Waals surface area contributed by atoms with Crippen molar-refractivity contribution in [3.8, 4) is 11.4 Å². The van der Waals surface area contributed by atoms with Crippen LogP contribution in [0, 0.1) is 17.5 Å². The van der Waals surface area contributed by atoms with E-state index in [0.29, 0.717) is 12.4 Å². The van der Waals surface area contributed by atoms with Crippen LogP contribution >= 0.6 is 0 Å². The second kappa shape index (κ2) is 6.45. The van der Waals surface area contributed by atoms with Gasteiger partial charge >= 0.3 is 0 Å². The molecule has 118 valence electrons. The fraction of sp³-hybridized carbons (Fsp3) is 0.429. The number of hydrogen-bond donors (Lipinski definition) is 1. The Kier molecular flexibility index (Phi) is 4.39. The van der Waals surface area contributed by atoms with E-state index in [9.17, 15) is 13.2 Å². The molecule has 1 aromatic carbocycles. The predicted molar refractivity (Wildman–Crippen MR) is 72.4 cm³/mol. The van der Waals surface area contributed by atoms with E-state index in [-0.39, 0.29) is 11.4 Å². The average Bonchev–Trinajstić information content (AvgIpc) is 2.80. The van der Waals surface area contributed by atoms with Gasteiger partial charge in [-0.2, -0.15) is 4.98 Å². The molecule has 0 spiro atoms. The minimum atomic E-state index is -1.51. The molecule has 1 saturated heterocycles. The van der Waals surface area contributed by atoms with Gasteiger partial charge in [0.1, 0.15) is 0 Å². The Bertz CT molecular complexity index is 630. The fourth-order valence-corrected chi connectivity index (χ4v) is 2.37. The quantitative estimate of drug-likeness (QED) is 0.878. The molecule has 1 aliphatic rings. The molecular formula is C14H15F3N4O. The summed E-state index contributed by atoms with van der Waals surface area (Å²) in [4.78, 5) is 6.28. The maximum atomic E-state index is 13.2. The SMILES string of the molecule is Fc1cc(-c2noc(CN3CCCNCC3)n2)cc(F)c1F. The molecule has 22 heavy (non-hydrogen) atoms. The summed E-state index contributed by atoms with van der Waals surface area (Å²) in [6, 6.07) is 1.70. The van der Waals surface area contributed by atoms with Gasteiger partial charge in [0.2, 0.25) is 11.7 Å². The number of halogens is 3. The molecule has 1 fully saturated rings. The Hall–Kier alpha value is -1.93. The molecule has 0 aliphatic carbocycles. The van der Waals surface area contributed by atoms with Crippen LogP contribution in [0.15, 0.2) is 16.7 Å². The molecule has 0 atom stereocenters. The van der Waals surface area contributed by atoms with Crippen molar-refractivity contribution in [1.29, 1.82) is 0 Å². The molecule has 0 unspecified atom stereocenters. The lowest BCUT2D eigenvalue weighted by atomic mass is 10.2. The summed E-state index contributed by atoms with van der Waals surface area (Å²) in [7, 11) is 0. The van der Waals surface area contributed by atoms with Gasteiger partial charge in [0.25, 0.3) is 0 Å². The molecule has 2 heterocycles. The van der Waals surface area contributed by atoms with Crippen molar-refractivity contribution in [1.82, 2.24) is 20.4 Å². The van der Waals surface area contributed by atoms with Crippen molar-refractivity contribution in [2.75, 3.05) is 26.2 Å². The standard InChI is InChI=1S/C14H15F3N4O/c15-10-6-9(7-11(16)13(10)17)14-19-12(22-20-14)8-21-4-1-2-18-3-5-21/h6-7,18H,1-5,8H2. The summed E-state index contributed by atoms with van der Waals surface area (Å²) in [6.07, 6.45) is 1.02. The first-order valence-electron chi connectivity index (χ1n) is 7.04. The summed E-state index contributed by atoms with van der Waals surface area (Å²) < 4.78 is 44.5. The van der Waals surface area contributed by atoms with Crippen molar-refractivity contribution < 1.29 is 17.7 Å². The Labute approximate surface area is 125 Å². The second-order valence-electron chi connectivity index (χ2n) is 5.15. The van der Waals surface area contributed by atoms with Crippen LogP contribution in [0.25, 0.3) is 11.4 Å². The summed E-state index contributed by atoms with van der Waals surface area (Å²) in [5.74, 6) is -3.66. The number of nitrogens with zero attached hydrogens (tertiary/aromatic N) is 3. The van der Waals surface area contributed by atoms with Gasteiger partial charge in [-0.15, -0.1) is 0 Å². The monoisotopic (exact) mass is 312 g/mol. The van der Waals surface area contributed by atoms with E-state index in [0.717, 1.165) is 44.7 Å². The topological polar surface area (TPSA) is 54.2 Å². The summed E-state index contributed by atoms with van der Waals surface area (Å²) in [6.45, 7) is 4.10. The van der Waals surface area contributed by atoms with E-state index in [1.54, 1.807) is 0 Å². The molecule has 1 N–H and O–H groups in total. The van der Waals surface area contributed by atoms with Crippen LogP contribution in [0.4, 0.5) is 13.2 Å². The maximum absolute atomic E-state index is 13.2. The van der Waals surface area contributed by atoms with Crippen molar-refractivity contribution in [3.05, 3.63) is 35.5 Å². The molecule has 0 radical (unpaired) electrons. The lowest BCUT2D eigenvalue weighted by Crippen LogP contribution is -2.27. The third-order valence-electron chi connectivity index (χ3n) is 3.50. The molecule has 3 rings (SSSR count). The molecule has 5 nitrogen and oxygen atoms in total. The molecule has 0 bridgehead atoms. The summed E-state index contributed by atoms with van der Waals surface area (Å²) in [5.41, 5.74) is 0.0453. The summed E-state index contributed by atoms with van der Waals surface area (Å²) >= 11 is 0. The first kappa shape index (κ1) is 15.0. The average molecular weight is 312 g/mol. The van der Waals surface area contributed by atoms with Gasteiger partial charge in [0, 0.05) is 18.7 Å². The zero-order valence-electron chi connectivity index (χ0n) is 11.8. The zero-order valence-corrected chi connectivity index (χ0v) is 11.8. The molecule has 1 aromatic heterocycles. The van der Waals surface area contributed by atoms with E-state index >= 15 is 0 Å². The van der Waals surface area contributed by atoms with Gasteiger partial charge in [0.05, 0.1) is 6.54 Å². The van der Waals surface area contributed by atoms with E-state index in [1.807, 2.05) is 0 Å². The Morgan fingerprint density at radius 2 is 1.91 bits per heavy atom. The molecule has 0 amide bonds. The van der Waals surface area contributed by atoms with E-state index in [1.165, 1.54) is 0 Å². The highest BCUT2D eigenvalue weighted by molar-refractivity contribution is 5.54. The molecule has 8 heteroatoms. The lowest BCUT2D eigenvalue weighted by molar-refractivity contribution is 0.239. The largest absolute Gasteiger partial charge is 0.338 e. The highest BCUT2D eigenvalue weighted by Crippen LogP contribution is 2.21. The number of hydrogen-bond acceptors (Lipinski definition) is 5. The maximum Gasteiger partial charge on any atom is 0.241 e. The third-order valence-corrected chi connectivity index (χ3v) is 3.50. The van der Waals surface area contributed by atoms with Crippen LogP contribution in [0.2, 0.25) is 0 Å². The van der Waals surface area contributed by atoms with Crippen LogP contribution in [0.1, 0.15) is 12.3 Å². The smallest absolute Gasteiger partial charge is 0.241 e. The van der Waals surface area contributed by atoms with Crippen molar-refractivity contribution in [3.63, 3.8) is 0 Å². The minimum Gasteiger partial charge on any atom is -0.338 e. The number of benzene rings is 1. The van der Waals surface area contributed by atoms with Crippen LogP contribution in [-0.4, -0.2) is 41.2 Å². The first-order chi connectivity index (χ1) is 10.6. The highest BCUT2D eigenvalue weighted by Gasteiger charge is 2.17. The molecule has 2 aromatic rings. The van der Waals surface area contributed by atoms with Gasteiger partial charge in [-0.25, -0.2) is 13.2 Å². The third kappa shape index (κ3) is 3.28. The predicted octanol–water partition coefficient (Wildman–Crippen LogP) is 1.95. The molecule has 0 saturated carbocycles. The number of rotatable bonds is 3. The van der Waals surface area contributed by atoms with Gasteiger partial charge in [-0.05, 0) is 31.6 Å². The van der Waals surface area contributed by atoms with Crippen LogP contribution < -0.4 is 5.32 Å². The Morgan fingerprint density at radius 3 is 2.68 bits per heavy atom. The van der Waals surface area contributed by atoms with Gasteiger partial charge < -0.3 is 9.84 Å². The van der Waals surface area contributed by atoms with Crippen molar-refractivity contribution in [2.45, 2.75) is 13.0 Å². The van der Waals surface area contributed by atoms with Crippen LogP contribution in [0.5, 0.6) is 0 Å². The van der Waals surface area contributed by atoms with Crippen LogP contribution in [-0.2, 0) is 6.54 Å².